The van der Waals surface area contributed by atoms with Gasteiger partial charge in [0.15, 0.2) is 0 Å². The molecule has 5 heteroatoms. The maximum Gasteiger partial charge on any atom is 0.318 e. The van der Waals surface area contributed by atoms with Crippen LogP contribution in [0, 0.1) is 0 Å². The number of amides is 2. The number of nitrogens with zero attached hydrogens (tertiary/aromatic N) is 1. The molecule has 2 atom stereocenters. The van der Waals surface area contributed by atoms with Crippen LogP contribution in [0.3, 0.4) is 0 Å². The molecule has 5 nitrogen and oxygen atoms in total. The van der Waals surface area contributed by atoms with Crippen LogP contribution >= 0.6 is 0 Å². The van der Waals surface area contributed by atoms with Crippen molar-refractivity contribution < 1.29 is 14.6 Å². The molecule has 1 aromatic carbocycles. The van der Waals surface area contributed by atoms with E-state index in [4.69, 9.17) is 9.84 Å². The highest BCUT2D eigenvalue weighted by Crippen LogP contribution is 2.25. The number of aliphatic hydroxyl groups is 1. The van der Waals surface area contributed by atoms with E-state index in [1.54, 1.807) is 7.11 Å². The van der Waals surface area contributed by atoms with Gasteiger partial charge in [-0.15, -0.1) is 0 Å². The summed E-state index contributed by atoms with van der Waals surface area (Å²) in [4.78, 5) is 14.0. The Kier molecular flexibility index (Phi) is 4.84. The van der Waals surface area contributed by atoms with Crippen molar-refractivity contribution in [1.29, 1.82) is 0 Å². The second-order valence-corrected chi connectivity index (χ2v) is 5.09. The number of rotatable bonds is 5. The van der Waals surface area contributed by atoms with Gasteiger partial charge in [0.05, 0.1) is 13.2 Å². The van der Waals surface area contributed by atoms with Gasteiger partial charge in [-0.1, -0.05) is 12.1 Å². The first-order valence-electron chi connectivity index (χ1n) is 6.97. The van der Waals surface area contributed by atoms with Crippen LogP contribution in [0.15, 0.2) is 24.3 Å². The average Bonchev–Trinajstić information content (AvgIpc) is 2.47. The smallest absolute Gasteiger partial charge is 0.318 e. The maximum absolute atomic E-state index is 12.1. The molecular weight excluding hydrogens is 256 g/mol. The van der Waals surface area contributed by atoms with Gasteiger partial charge in [-0.05, 0) is 37.5 Å². The lowest BCUT2D eigenvalue weighted by Gasteiger charge is -2.36. The SMILES string of the molecule is COc1ccc(C(C)N2CCC(CCO)NC2=O)cc1. The third-order valence-corrected chi connectivity index (χ3v) is 3.85. The normalized spacial score (nSPS) is 20.4. The zero-order valence-electron chi connectivity index (χ0n) is 12.0. The lowest BCUT2D eigenvalue weighted by Crippen LogP contribution is -2.52. The quantitative estimate of drug-likeness (QED) is 0.865. The molecule has 0 radical (unpaired) electrons. The van der Waals surface area contributed by atoms with Crippen molar-refractivity contribution in [3.05, 3.63) is 29.8 Å². The Morgan fingerprint density at radius 1 is 1.45 bits per heavy atom. The van der Waals surface area contributed by atoms with Gasteiger partial charge < -0.3 is 20.1 Å². The van der Waals surface area contributed by atoms with E-state index in [9.17, 15) is 4.79 Å². The van der Waals surface area contributed by atoms with E-state index < -0.39 is 0 Å². The van der Waals surface area contributed by atoms with E-state index in [0.717, 1.165) is 17.7 Å². The average molecular weight is 278 g/mol. The molecule has 2 unspecified atom stereocenters. The third-order valence-electron chi connectivity index (χ3n) is 3.85. The highest BCUT2D eigenvalue weighted by Gasteiger charge is 2.28. The molecule has 0 spiro atoms. The molecular formula is C15H22N2O3. The van der Waals surface area contributed by atoms with E-state index >= 15 is 0 Å². The minimum Gasteiger partial charge on any atom is -0.497 e. The van der Waals surface area contributed by atoms with Gasteiger partial charge >= 0.3 is 6.03 Å². The summed E-state index contributed by atoms with van der Waals surface area (Å²) in [6, 6.07) is 7.83. The van der Waals surface area contributed by atoms with Crippen molar-refractivity contribution in [2.75, 3.05) is 20.3 Å². The number of carbonyl (C=O) groups excluding carboxylic acids is 1. The fourth-order valence-corrected chi connectivity index (χ4v) is 2.53. The maximum atomic E-state index is 12.1. The summed E-state index contributed by atoms with van der Waals surface area (Å²) in [6.45, 7) is 2.84. The molecule has 1 saturated heterocycles. The van der Waals surface area contributed by atoms with Gasteiger partial charge in [-0.2, -0.15) is 0 Å². The monoisotopic (exact) mass is 278 g/mol. The van der Waals surface area contributed by atoms with E-state index in [2.05, 4.69) is 5.32 Å². The Morgan fingerprint density at radius 2 is 2.15 bits per heavy atom. The zero-order chi connectivity index (χ0) is 14.5. The molecule has 2 N–H and O–H groups in total. The number of ether oxygens (including phenoxy) is 1. The number of methoxy groups -OCH3 is 1. The fraction of sp³-hybridized carbons (Fsp3) is 0.533. The molecule has 2 amide bonds. The van der Waals surface area contributed by atoms with Crippen LogP contribution in [-0.2, 0) is 0 Å². The van der Waals surface area contributed by atoms with Crippen LogP contribution in [-0.4, -0.2) is 42.3 Å². The summed E-state index contributed by atoms with van der Waals surface area (Å²) >= 11 is 0. The summed E-state index contributed by atoms with van der Waals surface area (Å²) in [5.74, 6) is 0.812. The van der Waals surface area contributed by atoms with Crippen molar-refractivity contribution in [2.24, 2.45) is 0 Å². The summed E-state index contributed by atoms with van der Waals surface area (Å²) in [6.07, 6.45) is 1.49. The van der Waals surface area contributed by atoms with Crippen molar-refractivity contribution in [1.82, 2.24) is 10.2 Å². The Balaban J connectivity index is 2.01. The largest absolute Gasteiger partial charge is 0.497 e. The van der Waals surface area contributed by atoms with Crippen molar-refractivity contribution in [2.45, 2.75) is 31.8 Å². The molecule has 0 aliphatic carbocycles. The first kappa shape index (κ1) is 14.7. The Hall–Kier alpha value is -1.75. The van der Waals surface area contributed by atoms with Gasteiger partial charge in [0, 0.05) is 19.2 Å². The zero-order valence-corrected chi connectivity index (χ0v) is 12.0. The van der Waals surface area contributed by atoms with Gasteiger partial charge in [0.2, 0.25) is 0 Å². The number of hydrogen-bond donors (Lipinski definition) is 2. The molecule has 1 fully saturated rings. The van der Waals surface area contributed by atoms with Gasteiger partial charge in [0.25, 0.3) is 0 Å². The molecule has 1 heterocycles. The minimum absolute atomic E-state index is 0.0241. The lowest BCUT2D eigenvalue weighted by molar-refractivity contribution is 0.146. The topological polar surface area (TPSA) is 61.8 Å². The molecule has 0 bridgehead atoms. The number of benzene rings is 1. The molecule has 0 aromatic heterocycles. The van der Waals surface area contributed by atoms with E-state index in [1.165, 1.54) is 0 Å². The van der Waals surface area contributed by atoms with E-state index in [1.807, 2.05) is 36.1 Å². The van der Waals surface area contributed by atoms with Gasteiger partial charge in [-0.3, -0.25) is 0 Å². The summed E-state index contributed by atoms with van der Waals surface area (Å²) in [7, 11) is 1.64. The van der Waals surface area contributed by atoms with Crippen molar-refractivity contribution in [3.63, 3.8) is 0 Å². The fourth-order valence-electron chi connectivity index (χ4n) is 2.53. The van der Waals surface area contributed by atoms with Crippen LogP contribution in [0.1, 0.15) is 31.4 Å². The van der Waals surface area contributed by atoms with Crippen molar-refractivity contribution >= 4 is 6.03 Å². The van der Waals surface area contributed by atoms with Gasteiger partial charge in [-0.25, -0.2) is 4.79 Å². The minimum atomic E-state index is -0.0574. The molecule has 1 aliphatic rings. The molecule has 2 rings (SSSR count). The highest BCUT2D eigenvalue weighted by molar-refractivity contribution is 5.75. The van der Waals surface area contributed by atoms with Crippen LogP contribution in [0.5, 0.6) is 5.75 Å². The van der Waals surface area contributed by atoms with Crippen LogP contribution in [0.2, 0.25) is 0 Å². The lowest BCUT2D eigenvalue weighted by atomic mass is 10.0. The molecule has 110 valence electrons. The highest BCUT2D eigenvalue weighted by atomic mass is 16.5. The van der Waals surface area contributed by atoms with Crippen LogP contribution in [0.4, 0.5) is 4.79 Å². The standard InChI is InChI=1S/C15H22N2O3/c1-11(12-3-5-14(20-2)6-4-12)17-9-7-13(8-10-18)16-15(17)19/h3-6,11,13,18H,7-10H2,1-2H3,(H,16,19). The summed E-state index contributed by atoms with van der Waals surface area (Å²) in [5, 5.41) is 11.9. The molecule has 0 saturated carbocycles. The Bertz CT molecular complexity index is 447. The van der Waals surface area contributed by atoms with E-state index in [0.29, 0.717) is 13.0 Å². The number of carbonyl (C=O) groups is 1. The number of hydrogen-bond acceptors (Lipinski definition) is 3. The Labute approximate surface area is 119 Å². The number of nitrogens with one attached hydrogen (secondary N) is 1. The van der Waals surface area contributed by atoms with E-state index in [-0.39, 0.29) is 24.7 Å². The molecule has 1 aliphatic heterocycles. The second-order valence-electron chi connectivity index (χ2n) is 5.09. The van der Waals surface area contributed by atoms with Gasteiger partial charge in [0.1, 0.15) is 5.75 Å². The Morgan fingerprint density at radius 3 is 2.70 bits per heavy atom. The van der Waals surface area contributed by atoms with Crippen LogP contribution in [0.25, 0.3) is 0 Å². The second kappa shape index (κ2) is 6.61. The summed E-state index contributed by atoms with van der Waals surface area (Å²) in [5.41, 5.74) is 1.08. The van der Waals surface area contributed by atoms with Crippen molar-refractivity contribution in [3.8, 4) is 5.75 Å². The summed E-state index contributed by atoms with van der Waals surface area (Å²) < 4.78 is 5.14. The number of urea groups is 1. The predicted octanol–water partition coefficient (Wildman–Crippen LogP) is 1.92. The molecule has 20 heavy (non-hydrogen) atoms. The third kappa shape index (κ3) is 3.22. The first-order chi connectivity index (χ1) is 9.65. The van der Waals surface area contributed by atoms with Crippen LogP contribution < -0.4 is 10.1 Å². The molecule has 1 aromatic rings. The number of aliphatic hydroxyl groups excluding tert-OH is 1. The first-order valence-corrected chi connectivity index (χ1v) is 6.97. The predicted molar refractivity (Wildman–Crippen MR) is 76.8 cm³/mol.